The van der Waals surface area contributed by atoms with Crippen molar-refractivity contribution in [2.24, 2.45) is 5.92 Å². The number of carboxylic acids is 2. The smallest absolute Gasteiger partial charge is 0.342 e. The van der Waals surface area contributed by atoms with Crippen LogP contribution < -0.4 is 0 Å². The highest BCUT2D eigenvalue weighted by Crippen LogP contribution is 2.58. The molecule has 0 bridgehead atoms. The molecule has 2 rings (SSSR count). The Balaban J connectivity index is 0.000000299. The van der Waals surface area contributed by atoms with Gasteiger partial charge in [0, 0.05) is 5.41 Å². The zero-order valence-electron chi connectivity index (χ0n) is 14.8. The minimum atomic E-state index is -1.41. The van der Waals surface area contributed by atoms with Gasteiger partial charge in [-0.1, -0.05) is 37.9 Å². The summed E-state index contributed by atoms with van der Waals surface area (Å²) in [6.45, 7) is 7.60. The summed E-state index contributed by atoms with van der Waals surface area (Å²) < 4.78 is 13.3. The summed E-state index contributed by atoms with van der Waals surface area (Å²) in [5.41, 5.74) is 1.39. The zero-order valence-corrected chi connectivity index (χ0v) is 15.5. The molecule has 0 saturated heterocycles. The number of carbonyl (C=O) groups is 2. The number of halogens is 2. The van der Waals surface area contributed by atoms with E-state index in [0.717, 1.165) is 36.6 Å². The van der Waals surface area contributed by atoms with E-state index in [4.69, 9.17) is 21.8 Å². The van der Waals surface area contributed by atoms with Gasteiger partial charge in [0.25, 0.3) is 0 Å². The van der Waals surface area contributed by atoms with Crippen molar-refractivity contribution in [2.75, 3.05) is 0 Å². The summed E-state index contributed by atoms with van der Waals surface area (Å²) in [6, 6.07) is 0. The van der Waals surface area contributed by atoms with Crippen molar-refractivity contribution in [1.82, 2.24) is 4.98 Å². The van der Waals surface area contributed by atoms with Crippen LogP contribution in [-0.4, -0.2) is 27.1 Å². The Kier molecular flexibility index (Phi) is 7.11. The van der Waals surface area contributed by atoms with Gasteiger partial charge in [-0.2, -0.15) is 0 Å². The molecule has 2 N–H and O–H groups in total. The molecule has 1 aromatic rings. The number of carboxylic acid groups (broad SMARTS) is 2. The van der Waals surface area contributed by atoms with Gasteiger partial charge in [0.15, 0.2) is 5.82 Å². The Morgan fingerprint density at radius 2 is 1.96 bits per heavy atom. The first-order valence-corrected chi connectivity index (χ1v) is 8.47. The van der Waals surface area contributed by atoms with E-state index in [1.54, 1.807) is 0 Å². The number of hydrogen-bond donors (Lipinski definition) is 2. The molecule has 1 saturated carbocycles. The fraction of sp³-hybridized carbons (Fsp3) is 0.500. The van der Waals surface area contributed by atoms with Crippen LogP contribution in [0, 0.1) is 18.7 Å². The molecular weight excluding hydrogens is 349 g/mol. The van der Waals surface area contributed by atoms with Gasteiger partial charge in [-0.25, -0.2) is 14.0 Å². The Morgan fingerprint density at radius 3 is 2.28 bits per heavy atom. The number of nitrogens with zero attached hydrogens (tertiary/aromatic N) is 1. The van der Waals surface area contributed by atoms with Crippen LogP contribution in [0.1, 0.15) is 51.3 Å². The average Bonchev–Trinajstić information content (AvgIpc) is 3.28. The Hall–Kier alpha value is -1.95. The van der Waals surface area contributed by atoms with Gasteiger partial charge in [0.1, 0.15) is 5.57 Å². The van der Waals surface area contributed by atoms with Crippen LogP contribution in [0.2, 0.25) is 5.02 Å². The van der Waals surface area contributed by atoms with Crippen LogP contribution in [0.4, 0.5) is 4.39 Å². The molecule has 1 aromatic heterocycles. The van der Waals surface area contributed by atoms with Crippen molar-refractivity contribution < 1.29 is 24.2 Å². The average molecular weight is 372 g/mol. The van der Waals surface area contributed by atoms with Crippen molar-refractivity contribution in [3.63, 3.8) is 0 Å². The molecule has 0 aliphatic heterocycles. The van der Waals surface area contributed by atoms with E-state index in [-0.39, 0.29) is 10.4 Å². The quantitative estimate of drug-likeness (QED) is 0.456. The molecule has 1 aliphatic rings. The third kappa shape index (κ3) is 4.37. The van der Waals surface area contributed by atoms with E-state index in [0.29, 0.717) is 5.92 Å². The van der Waals surface area contributed by atoms with Crippen LogP contribution >= 0.6 is 11.6 Å². The largest absolute Gasteiger partial charge is 0.477 e. The Labute approximate surface area is 151 Å². The first-order chi connectivity index (χ1) is 11.7. The second-order valence-corrected chi connectivity index (χ2v) is 6.40. The second kappa shape index (κ2) is 8.43. The topological polar surface area (TPSA) is 87.5 Å². The SMILES string of the molecule is CC=C(C(=O)O)C(=O)O.CCC1CC1(CC)c1ncc(F)c(Cl)c1C. The van der Waals surface area contributed by atoms with Gasteiger partial charge in [-0.05, 0) is 38.2 Å². The van der Waals surface area contributed by atoms with Gasteiger partial charge in [0.2, 0.25) is 0 Å². The number of aromatic nitrogens is 1. The number of rotatable bonds is 5. The lowest BCUT2D eigenvalue weighted by Gasteiger charge is -2.17. The van der Waals surface area contributed by atoms with Gasteiger partial charge >= 0.3 is 11.9 Å². The van der Waals surface area contributed by atoms with Crippen molar-refractivity contribution >= 4 is 23.5 Å². The number of allylic oxidation sites excluding steroid dienone is 1. The normalized spacial score (nSPS) is 21.0. The van der Waals surface area contributed by atoms with Gasteiger partial charge in [-0.15, -0.1) is 0 Å². The third-order valence-corrected chi connectivity index (χ3v) is 5.24. The predicted octanol–water partition coefficient (Wildman–Crippen LogP) is 4.36. The minimum Gasteiger partial charge on any atom is -0.477 e. The minimum absolute atomic E-state index is 0.163. The molecule has 0 amide bonds. The fourth-order valence-electron chi connectivity index (χ4n) is 3.20. The summed E-state index contributed by atoms with van der Waals surface area (Å²) in [5, 5.41) is 16.4. The van der Waals surface area contributed by atoms with E-state index < -0.39 is 23.3 Å². The number of pyridine rings is 1. The van der Waals surface area contributed by atoms with Gasteiger partial charge in [-0.3, -0.25) is 4.98 Å². The molecule has 7 heteroatoms. The van der Waals surface area contributed by atoms with Crippen molar-refractivity contribution in [3.05, 3.63) is 39.9 Å². The van der Waals surface area contributed by atoms with Crippen molar-refractivity contribution in [3.8, 4) is 0 Å². The van der Waals surface area contributed by atoms with Gasteiger partial charge < -0.3 is 10.2 Å². The lowest BCUT2D eigenvalue weighted by molar-refractivity contribution is -0.140. The fourth-order valence-corrected chi connectivity index (χ4v) is 3.34. The van der Waals surface area contributed by atoms with Crippen molar-refractivity contribution in [1.29, 1.82) is 0 Å². The van der Waals surface area contributed by atoms with Crippen LogP contribution in [-0.2, 0) is 15.0 Å². The maximum absolute atomic E-state index is 13.3. The maximum Gasteiger partial charge on any atom is 0.342 e. The molecule has 2 atom stereocenters. The summed E-state index contributed by atoms with van der Waals surface area (Å²) in [7, 11) is 0. The van der Waals surface area contributed by atoms with E-state index in [9.17, 15) is 14.0 Å². The van der Waals surface area contributed by atoms with E-state index in [2.05, 4.69) is 18.8 Å². The van der Waals surface area contributed by atoms with Crippen molar-refractivity contribution in [2.45, 2.75) is 52.4 Å². The number of hydrogen-bond acceptors (Lipinski definition) is 3. The van der Waals surface area contributed by atoms with Crippen LogP contribution in [0.5, 0.6) is 0 Å². The summed E-state index contributed by atoms with van der Waals surface area (Å²) in [6.07, 6.45) is 5.67. The van der Waals surface area contributed by atoms with Crippen LogP contribution in [0.25, 0.3) is 0 Å². The maximum atomic E-state index is 13.3. The van der Waals surface area contributed by atoms with E-state index >= 15 is 0 Å². The lowest BCUT2D eigenvalue weighted by atomic mass is 9.91. The summed E-state index contributed by atoms with van der Waals surface area (Å²) in [4.78, 5) is 24.1. The first-order valence-electron chi connectivity index (χ1n) is 8.10. The molecule has 0 aromatic carbocycles. The highest BCUT2D eigenvalue weighted by Gasteiger charge is 2.54. The summed E-state index contributed by atoms with van der Waals surface area (Å²) >= 11 is 5.95. The lowest BCUT2D eigenvalue weighted by Crippen LogP contribution is -2.13. The first kappa shape index (κ1) is 21.1. The Morgan fingerprint density at radius 1 is 1.40 bits per heavy atom. The van der Waals surface area contributed by atoms with E-state index in [1.165, 1.54) is 13.1 Å². The van der Waals surface area contributed by atoms with Gasteiger partial charge in [0.05, 0.1) is 16.9 Å². The number of aliphatic carboxylic acids is 2. The molecule has 138 valence electrons. The molecule has 1 heterocycles. The molecular formula is C18H23ClFNO4. The highest BCUT2D eigenvalue weighted by molar-refractivity contribution is 6.31. The monoisotopic (exact) mass is 371 g/mol. The summed E-state index contributed by atoms with van der Waals surface area (Å²) in [5.74, 6) is -2.55. The van der Waals surface area contributed by atoms with E-state index in [1.807, 2.05) is 6.92 Å². The Bertz CT molecular complexity index is 689. The predicted molar refractivity (Wildman–Crippen MR) is 93.3 cm³/mol. The molecule has 5 nitrogen and oxygen atoms in total. The van der Waals surface area contributed by atoms with Crippen LogP contribution in [0.3, 0.4) is 0 Å². The highest BCUT2D eigenvalue weighted by atomic mass is 35.5. The molecule has 0 spiro atoms. The second-order valence-electron chi connectivity index (χ2n) is 6.03. The molecule has 25 heavy (non-hydrogen) atoms. The third-order valence-electron chi connectivity index (χ3n) is 4.78. The molecule has 0 radical (unpaired) electrons. The molecule has 2 unspecified atom stereocenters. The van der Waals surface area contributed by atoms with Crippen LogP contribution in [0.15, 0.2) is 17.8 Å². The molecule has 1 aliphatic carbocycles. The standard InChI is InChI=1S/C13H17ClFN.C5H6O4/c1-4-9-6-13(9,5-2)12-8(3)11(14)10(15)7-16-12;1-2-3(4(6)7)5(8)9/h7,9H,4-6H2,1-3H3;2H,1H3,(H,6,7)(H,8,9). The zero-order chi connectivity index (χ0) is 19.4. The molecule has 1 fully saturated rings.